The first kappa shape index (κ1) is 11.6. The number of carbonyl (C=O) groups excluding carboxylic acids is 1. The molecule has 2 rings (SSSR count). The van der Waals surface area contributed by atoms with Crippen molar-refractivity contribution in [3.05, 3.63) is 36.5 Å². The highest BCUT2D eigenvalue weighted by atomic mass is 16.1. The molecule has 4 nitrogen and oxygen atoms in total. The van der Waals surface area contributed by atoms with Gasteiger partial charge in [-0.3, -0.25) is 4.79 Å². The Balaban J connectivity index is 1.96. The van der Waals surface area contributed by atoms with Crippen molar-refractivity contribution < 1.29 is 4.79 Å². The zero-order chi connectivity index (χ0) is 12.1. The standard InChI is InChI=1S/C13H16N3O/c1-2-3-8-14-13(17)9-12-15-10-6-4-5-7-11(10)16-12/h4-7,9H,2-3,8H2,1H3,(H,14,17)(H,15,16). The number of H-pyrrole nitrogens is 1. The number of nitrogens with zero attached hydrogens (tertiary/aromatic N) is 1. The molecule has 0 aliphatic carbocycles. The van der Waals surface area contributed by atoms with Crippen molar-refractivity contribution in [1.82, 2.24) is 15.3 Å². The number of benzene rings is 1. The van der Waals surface area contributed by atoms with E-state index in [9.17, 15) is 4.79 Å². The summed E-state index contributed by atoms with van der Waals surface area (Å²) in [5.74, 6) is 0.498. The van der Waals surface area contributed by atoms with Crippen LogP contribution in [0.15, 0.2) is 24.3 Å². The minimum Gasteiger partial charge on any atom is -0.355 e. The Bertz CT molecular complexity index is 471. The van der Waals surface area contributed by atoms with Crippen LogP contribution in [0.1, 0.15) is 25.6 Å². The lowest BCUT2D eigenvalue weighted by atomic mass is 10.3. The highest BCUT2D eigenvalue weighted by molar-refractivity contribution is 5.88. The van der Waals surface area contributed by atoms with E-state index in [1.165, 1.54) is 6.42 Å². The molecule has 2 N–H and O–H groups in total. The molecule has 0 fully saturated rings. The minimum atomic E-state index is -0.0995. The predicted molar refractivity (Wildman–Crippen MR) is 67.4 cm³/mol. The summed E-state index contributed by atoms with van der Waals surface area (Å²) in [7, 11) is 0. The topological polar surface area (TPSA) is 57.8 Å². The first-order chi connectivity index (χ1) is 8.29. The van der Waals surface area contributed by atoms with E-state index in [1.54, 1.807) is 0 Å². The normalized spacial score (nSPS) is 10.6. The van der Waals surface area contributed by atoms with E-state index in [-0.39, 0.29) is 5.91 Å². The molecule has 89 valence electrons. The molecule has 1 heterocycles. The Morgan fingerprint density at radius 2 is 2.29 bits per heavy atom. The van der Waals surface area contributed by atoms with Crippen molar-refractivity contribution in [2.24, 2.45) is 0 Å². The van der Waals surface area contributed by atoms with Crippen LogP contribution in [0.25, 0.3) is 11.0 Å². The second-order valence-electron chi connectivity index (χ2n) is 3.93. The molecule has 1 aromatic heterocycles. The van der Waals surface area contributed by atoms with Crippen LogP contribution in [-0.4, -0.2) is 22.4 Å². The van der Waals surface area contributed by atoms with Crippen molar-refractivity contribution >= 4 is 16.9 Å². The van der Waals surface area contributed by atoms with Crippen LogP contribution in [0.2, 0.25) is 0 Å². The van der Waals surface area contributed by atoms with Gasteiger partial charge in [-0.15, -0.1) is 0 Å². The fourth-order valence-corrected chi connectivity index (χ4v) is 1.60. The molecule has 1 radical (unpaired) electrons. The molecule has 4 heteroatoms. The zero-order valence-corrected chi connectivity index (χ0v) is 9.86. The van der Waals surface area contributed by atoms with Crippen LogP contribution in [0.4, 0.5) is 0 Å². The summed E-state index contributed by atoms with van der Waals surface area (Å²) in [5.41, 5.74) is 1.82. The molecule has 0 aliphatic rings. The molecule has 0 bridgehead atoms. The van der Waals surface area contributed by atoms with Gasteiger partial charge < -0.3 is 10.3 Å². The number of rotatable bonds is 5. The van der Waals surface area contributed by atoms with Crippen molar-refractivity contribution in [2.45, 2.75) is 19.8 Å². The van der Waals surface area contributed by atoms with E-state index in [0.29, 0.717) is 12.4 Å². The summed E-state index contributed by atoms with van der Waals surface area (Å²) in [5, 5.41) is 2.82. The number of aromatic nitrogens is 2. The van der Waals surface area contributed by atoms with Crippen LogP contribution >= 0.6 is 0 Å². The van der Waals surface area contributed by atoms with E-state index in [1.807, 2.05) is 24.3 Å². The summed E-state index contributed by atoms with van der Waals surface area (Å²) < 4.78 is 0. The van der Waals surface area contributed by atoms with E-state index >= 15 is 0 Å². The third-order valence-corrected chi connectivity index (χ3v) is 2.51. The van der Waals surface area contributed by atoms with Crippen LogP contribution in [0.3, 0.4) is 0 Å². The van der Waals surface area contributed by atoms with Gasteiger partial charge in [0.2, 0.25) is 5.91 Å². The van der Waals surface area contributed by atoms with Gasteiger partial charge in [-0.1, -0.05) is 25.5 Å². The fraction of sp³-hybridized carbons (Fsp3) is 0.308. The molecule has 1 aromatic carbocycles. The van der Waals surface area contributed by atoms with Crippen LogP contribution in [0.5, 0.6) is 0 Å². The number of carbonyl (C=O) groups is 1. The van der Waals surface area contributed by atoms with Crippen molar-refractivity contribution in [2.75, 3.05) is 6.54 Å². The number of amides is 1. The number of nitrogens with one attached hydrogen (secondary N) is 2. The number of fused-ring (bicyclic) bond motifs is 1. The third-order valence-electron chi connectivity index (χ3n) is 2.51. The smallest absolute Gasteiger partial charge is 0.232 e. The van der Waals surface area contributed by atoms with Gasteiger partial charge in [0.15, 0.2) is 0 Å². The monoisotopic (exact) mass is 230 g/mol. The minimum absolute atomic E-state index is 0.0995. The van der Waals surface area contributed by atoms with Crippen molar-refractivity contribution in [3.63, 3.8) is 0 Å². The third kappa shape index (κ3) is 3.06. The SMILES string of the molecule is CCCCNC(=O)[CH]c1nc2ccccc2[nH]1. The number of unbranched alkanes of at least 4 members (excludes halogenated alkanes) is 1. The van der Waals surface area contributed by atoms with E-state index in [2.05, 4.69) is 22.2 Å². The molecule has 17 heavy (non-hydrogen) atoms. The Hall–Kier alpha value is -1.84. The molecule has 1 amide bonds. The maximum atomic E-state index is 11.5. The summed E-state index contributed by atoms with van der Waals surface area (Å²) in [6.45, 7) is 2.81. The van der Waals surface area contributed by atoms with Gasteiger partial charge in [0, 0.05) is 6.54 Å². The van der Waals surface area contributed by atoms with Crippen LogP contribution in [0, 0.1) is 6.42 Å². The highest BCUT2D eigenvalue weighted by Crippen LogP contribution is 2.11. The largest absolute Gasteiger partial charge is 0.355 e. The highest BCUT2D eigenvalue weighted by Gasteiger charge is 2.07. The molecule has 0 saturated heterocycles. The van der Waals surface area contributed by atoms with Crippen molar-refractivity contribution in [3.8, 4) is 0 Å². The zero-order valence-electron chi connectivity index (χ0n) is 9.86. The van der Waals surface area contributed by atoms with Crippen LogP contribution < -0.4 is 5.32 Å². The lowest BCUT2D eigenvalue weighted by Gasteiger charge is -2.01. The number of para-hydroxylation sites is 2. The first-order valence-electron chi connectivity index (χ1n) is 5.87. The molecular weight excluding hydrogens is 214 g/mol. The van der Waals surface area contributed by atoms with Gasteiger partial charge in [-0.05, 0) is 18.6 Å². The Kier molecular flexibility index (Phi) is 3.75. The number of imidazole rings is 1. The molecule has 0 saturated carbocycles. The molecule has 0 spiro atoms. The molecule has 2 aromatic rings. The molecule has 0 aliphatic heterocycles. The number of aromatic amines is 1. The molecule has 0 atom stereocenters. The number of hydrogen-bond acceptors (Lipinski definition) is 2. The van der Waals surface area contributed by atoms with Crippen molar-refractivity contribution in [1.29, 1.82) is 0 Å². The lowest BCUT2D eigenvalue weighted by Crippen LogP contribution is -2.25. The Morgan fingerprint density at radius 1 is 1.47 bits per heavy atom. The van der Waals surface area contributed by atoms with Gasteiger partial charge in [-0.2, -0.15) is 0 Å². The lowest BCUT2D eigenvalue weighted by molar-refractivity contribution is -0.117. The fourth-order valence-electron chi connectivity index (χ4n) is 1.60. The van der Waals surface area contributed by atoms with E-state index in [0.717, 1.165) is 23.9 Å². The summed E-state index contributed by atoms with van der Waals surface area (Å²) in [6, 6.07) is 7.71. The summed E-state index contributed by atoms with van der Waals surface area (Å²) in [6.07, 6.45) is 3.57. The number of hydrogen-bond donors (Lipinski definition) is 2. The van der Waals surface area contributed by atoms with E-state index < -0.39 is 0 Å². The average Bonchev–Trinajstić information content (AvgIpc) is 2.71. The van der Waals surface area contributed by atoms with Gasteiger partial charge in [-0.25, -0.2) is 4.98 Å². The van der Waals surface area contributed by atoms with Gasteiger partial charge in [0.1, 0.15) is 12.2 Å². The average molecular weight is 230 g/mol. The van der Waals surface area contributed by atoms with Gasteiger partial charge >= 0.3 is 0 Å². The quantitative estimate of drug-likeness (QED) is 0.772. The molecule has 0 unspecified atom stereocenters. The van der Waals surface area contributed by atoms with Crippen LogP contribution in [-0.2, 0) is 4.79 Å². The van der Waals surface area contributed by atoms with Gasteiger partial charge in [0.25, 0.3) is 0 Å². The first-order valence-corrected chi connectivity index (χ1v) is 5.87. The van der Waals surface area contributed by atoms with Gasteiger partial charge in [0.05, 0.1) is 11.0 Å². The maximum absolute atomic E-state index is 11.5. The second-order valence-corrected chi connectivity index (χ2v) is 3.93. The Labute approximate surface area is 100 Å². The molecular formula is C13H16N3O. The maximum Gasteiger partial charge on any atom is 0.232 e. The summed E-state index contributed by atoms with van der Waals surface area (Å²) >= 11 is 0. The summed E-state index contributed by atoms with van der Waals surface area (Å²) in [4.78, 5) is 18.9. The van der Waals surface area contributed by atoms with E-state index in [4.69, 9.17) is 0 Å². The Morgan fingerprint density at radius 3 is 3.06 bits per heavy atom. The second kappa shape index (κ2) is 5.48. The predicted octanol–water partition coefficient (Wildman–Crippen LogP) is 2.03.